The van der Waals surface area contributed by atoms with Crippen LogP contribution >= 0.6 is 0 Å². The third-order valence-corrected chi connectivity index (χ3v) is 1.63. The lowest BCUT2D eigenvalue weighted by Gasteiger charge is -2.14. The molecule has 0 fully saturated rings. The molecule has 0 rings (SSSR count). The molecule has 0 amide bonds. The summed E-state index contributed by atoms with van der Waals surface area (Å²) in [6.07, 6.45) is 2.42. The second kappa shape index (κ2) is 8.02. The molecule has 0 aromatic heterocycles. The van der Waals surface area contributed by atoms with Gasteiger partial charge in [-0.3, -0.25) is 0 Å². The van der Waals surface area contributed by atoms with Gasteiger partial charge in [0.15, 0.2) is 0 Å². The second-order valence-corrected chi connectivity index (χ2v) is 2.97. The van der Waals surface area contributed by atoms with Crippen LogP contribution in [0.5, 0.6) is 0 Å². The first-order valence-corrected chi connectivity index (χ1v) is 4.63. The number of hydrogen-bond acceptors (Lipinski definition) is 1. The summed E-state index contributed by atoms with van der Waals surface area (Å²) in [6.45, 7) is 8.72. The van der Waals surface area contributed by atoms with Crippen molar-refractivity contribution in [1.82, 2.24) is 10.2 Å². The number of nitrogens with zero attached hydrogens (tertiary/aromatic N) is 2. The van der Waals surface area contributed by atoms with E-state index in [9.17, 15) is 0 Å². The van der Waals surface area contributed by atoms with Gasteiger partial charge >= 0.3 is 0 Å². The van der Waals surface area contributed by atoms with Gasteiger partial charge < -0.3 is 4.90 Å². The van der Waals surface area contributed by atoms with Gasteiger partial charge in [0.05, 0.1) is 0 Å². The van der Waals surface area contributed by atoms with Crippen molar-refractivity contribution in [3.63, 3.8) is 0 Å². The molecule has 2 heteroatoms. The molecular formula is C9H21N2. The molecule has 0 saturated heterocycles. The number of likely N-dealkylation sites (N-methyl/N-ethyl adjacent to an activating group) is 1. The van der Waals surface area contributed by atoms with Gasteiger partial charge in [0.25, 0.3) is 0 Å². The molecule has 0 bridgehead atoms. The topological polar surface area (TPSA) is 17.3 Å². The summed E-state index contributed by atoms with van der Waals surface area (Å²) in [5.74, 6) is 0. The lowest BCUT2D eigenvalue weighted by Crippen LogP contribution is -2.26. The SMILES string of the molecule is CCC[N]CCN(C)CCC. The zero-order valence-corrected chi connectivity index (χ0v) is 8.14. The average Bonchev–Trinajstić information content (AvgIpc) is 1.99. The van der Waals surface area contributed by atoms with Crippen LogP contribution in [0, 0.1) is 0 Å². The van der Waals surface area contributed by atoms with Crippen LogP contribution in [-0.4, -0.2) is 38.1 Å². The van der Waals surface area contributed by atoms with E-state index in [0.717, 1.165) is 19.6 Å². The van der Waals surface area contributed by atoms with E-state index in [0.29, 0.717) is 0 Å². The number of hydrogen-bond donors (Lipinski definition) is 0. The Labute approximate surface area is 71.0 Å². The Kier molecular flexibility index (Phi) is 7.96. The Morgan fingerprint density at radius 1 is 1.00 bits per heavy atom. The monoisotopic (exact) mass is 157 g/mol. The Balaban J connectivity index is 2.97. The van der Waals surface area contributed by atoms with E-state index in [-0.39, 0.29) is 0 Å². The maximum atomic E-state index is 4.37. The maximum Gasteiger partial charge on any atom is 0.0261 e. The maximum absolute atomic E-state index is 4.37. The quantitative estimate of drug-likeness (QED) is 0.510. The largest absolute Gasteiger partial charge is 0.305 e. The average molecular weight is 157 g/mol. The Morgan fingerprint density at radius 3 is 2.27 bits per heavy atom. The van der Waals surface area contributed by atoms with Crippen molar-refractivity contribution in [3.05, 3.63) is 0 Å². The van der Waals surface area contributed by atoms with Crippen LogP contribution < -0.4 is 5.32 Å². The van der Waals surface area contributed by atoms with Crippen molar-refractivity contribution in [2.24, 2.45) is 0 Å². The first-order chi connectivity index (χ1) is 5.31. The molecule has 0 aliphatic carbocycles. The van der Waals surface area contributed by atoms with E-state index >= 15 is 0 Å². The van der Waals surface area contributed by atoms with Gasteiger partial charge in [0, 0.05) is 19.6 Å². The first-order valence-electron chi connectivity index (χ1n) is 4.63. The molecule has 0 aliphatic rings. The molecule has 11 heavy (non-hydrogen) atoms. The van der Waals surface area contributed by atoms with Gasteiger partial charge in [0.2, 0.25) is 0 Å². The number of rotatable bonds is 7. The smallest absolute Gasteiger partial charge is 0.0261 e. The molecule has 67 valence electrons. The van der Waals surface area contributed by atoms with Gasteiger partial charge in [-0.25, -0.2) is 5.32 Å². The summed E-state index contributed by atoms with van der Waals surface area (Å²) in [6, 6.07) is 0. The van der Waals surface area contributed by atoms with E-state index in [2.05, 4.69) is 31.1 Å². The van der Waals surface area contributed by atoms with Crippen molar-refractivity contribution >= 4 is 0 Å². The fourth-order valence-electron chi connectivity index (χ4n) is 1.00. The summed E-state index contributed by atoms with van der Waals surface area (Å²) in [7, 11) is 2.16. The first kappa shape index (κ1) is 10.9. The van der Waals surface area contributed by atoms with E-state index in [1.165, 1.54) is 19.4 Å². The molecule has 0 aromatic carbocycles. The zero-order valence-electron chi connectivity index (χ0n) is 8.14. The van der Waals surface area contributed by atoms with Crippen LogP contribution in [0.3, 0.4) is 0 Å². The van der Waals surface area contributed by atoms with Crippen LogP contribution in [0.25, 0.3) is 0 Å². The van der Waals surface area contributed by atoms with Crippen LogP contribution in [0.15, 0.2) is 0 Å². The van der Waals surface area contributed by atoms with E-state index < -0.39 is 0 Å². The zero-order chi connectivity index (χ0) is 8.53. The fraction of sp³-hybridized carbons (Fsp3) is 1.00. The molecule has 1 radical (unpaired) electrons. The Bertz CT molecular complexity index is 74.0. The lowest BCUT2D eigenvalue weighted by molar-refractivity contribution is 0.331. The molecule has 2 nitrogen and oxygen atoms in total. The molecular weight excluding hydrogens is 136 g/mol. The van der Waals surface area contributed by atoms with E-state index in [4.69, 9.17) is 0 Å². The minimum absolute atomic E-state index is 1.00. The third-order valence-electron chi connectivity index (χ3n) is 1.63. The highest BCUT2D eigenvalue weighted by Crippen LogP contribution is 1.84. The van der Waals surface area contributed by atoms with Gasteiger partial charge in [-0.05, 0) is 26.4 Å². The predicted octanol–water partition coefficient (Wildman–Crippen LogP) is 1.34. The van der Waals surface area contributed by atoms with Crippen molar-refractivity contribution < 1.29 is 0 Å². The normalized spacial score (nSPS) is 10.9. The highest BCUT2D eigenvalue weighted by Gasteiger charge is 1.94. The highest BCUT2D eigenvalue weighted by atomic mass is 15.1. The fourth-order valence-corrected chi connectivity index (χ4v) is 1.00. The summed E-state index contributed by atoms with van der Waals surface area (Å²) in [5, 5.41) is 4.37. The Morgan fingerprint density at radius 2 is 1.73 bits per heavy atom. The van der Waals surface area contributed by atoms with Crippen LogP contribution in [0.2, 0.25) is 0 Å². The summed E-state index contributed by atoms with van der Waals surface area (Å²) < 4.78 is 0. The summed E-state index contributed by atoms with van der Waals surface area (Å²) in [5.41, 5.74) is 0. The minimum atomic E-state index is 1.00. The summed E-state index contributed by atoms with van der Waals surface area (Å²) >= 11 is 0. The van der Waals surface area contributed by atoms with Crippen molar-refractivity contribution in [3.8, 4) is 0 Å². The molecule has 0 atom stereocenters. The predicted molar refractivity (Wildman–Crippen MR) is 49.9 cm³/mol. The van der Waals surface area contributed by atoms with Crippen molar-refractivity contribution in [1.29, 1.82) is 0 Å². The van der Waals surface area contributed by atoms with Crippen molar-refractivity contribution in [2.75, 3.05) is 33.2 Å². The Hall–Kier alpha value is -0.0800. The van der Waals surface area contributed by atoms with E-state index in [1.54, 1.807) is 0 Å². The molecule has 0 unspecified atom stereocenters. The van der Waals surface area contributed by atoms with E-state index in [1.807, 2.05) is 0 Å². The van der Waals surface area contributed by atoms with Crippen LogP contribution in [-0.2, 0) is 0 Å². The standard InChI is InChI=1S/C9H21N2/c1-4-6-10-7-9-11(3)8-5-2/h4-9H2,1-3H3. The molecule has 0 spiro atoms. The minimum Gasteiger partial charge on any atom is -0.305 e. The van der Waals surface area contributed by atoms with Crippen molar-refractivity contribution in [2.45, 2.75) is 26.7 Å². The molecule has 0 heterocycles. The third kappa shape index (κ3) is 7.82. The lowest BCUT2D eigenvalue weighted by atomic mass is 10.4. The summed E-state index contributed by atoms with van der Waals surface area (Å²) in [4.78, 5) is 2.33. The van der Waals surface area contributed by atoms with Gasteiger partial charge in [-0.1, -0.05) is 13.8 Å². The molecule has 0 aliphatic heterocycles. The second-order valence-electron chi connectivity index (χ2n) is 2.97. The van der Waals surface area contributed by atoms with Gasteiger partial charge in [0.1, 0.15) is 0 Å². The molecule has 0 N–H and O–H groups in total. The van der Waals surface area contributed by atoms with Crippen LogP contribution in [0.1, 0.15) is 26.7 Å². The molecule has 0 aromatic rings. The highest BCUT2D eigenvalue weighted by molar-refractivity contribution is 4.52. The van der Waals surface area contributed by atoms with Gasteiger partial charge in [-0.2, -0.15) is 0 Å². The van der Waals surface area contributed by atoms with Gasteiger partial charge in [-0.15, -0.1) is 0 Å². The molecule has 0 saturated carbocycles. The van der Waals surface area contributed by atoms with Crippen LogP contribution in [0.4, 0.5) is 0 Å².